The Hall–Kier alpha value is -2.37. The largest absolute Gasteiger partial charge is 0.362 e. The number of benzene rings is 1. The van der Waals surface area contributed by atoms with Crippen molar-refractivity contribution in [2.24, 2.45) is 7.05 Å². The number of rotatable bonds is 5. The highest BCUT2D eigenvalue weighted by Crippen LogP contribution is 2.23. The summed E-state index contributed by atoms with van der Waals surface area (Å²) in [5, 5.41) is 18.0. The third-order valence-corrected chi connectivity index (χ3v) is 2.95. The summed E-state index contributed by atoms with van der Waals surface area (Å²) in [6, 6.07) is 10.0. The molecule has 2 rings (SSSR count). The number of hydrogen-bond acceptors (Lipinski definition) is 4. The molecule has 0 saturated carbocycles. The lowest BCUT2D eigenvalue weighted by molar-refractivity contribution is -0.384. The minimum absolute atomic E-state index is 0.00256. The van der Waals surface area contributed by atoms with Gasteiger partial charge in [-0.3, -0.25) is 14.8 Å². The molecule has 1 unspecified atom stereocenters. The number of nitrogens with one attached hydrogen (secondary N) is 1. The van der Waals surface area contributed by atoms with E-state index in [2.05, 4.69) is 17.3 Å². The summed E-state index contributed by atoms with van der Waals surface area (Å²) < 4.78 is 1.44. The second-order valence-electron chi connectivity index (χ2n) is 4.49. The molecular formula is C13H16N4O2. The van der Waals surface area contributed by atoms with Gasteiger partial charge in [0.05, 0.1) is 4.92 Å². The molecular weight excluding hydrogens is 244 g/mol. The standard InChI is InChI=1S/C13H16N4O2/c1-10(11-6-4-3-5-7-11)8-14-13-12(17(18)19)9-16(2)15-13/h3-7,9-10H,8H2,1-2H3,(H,14,15). The molecule has 0 radical (unpaired) electrons. The lowest BCUT2D eigenvalue weighted by Crippen LogP contribution is -2.11. The van der Waals surface area contributed by atoms with Crippen molar-refractivity contribution in [1.82, 2.24) is 9.78 Å². The van der Waals surface area contributed by atoms with Gasteiger partial charge in [0.1, 0.15) is 6.20 Å². The summed E-state index contributed by atoms with van der Waals surface area (Å²) in [7, 11) is 1.67. The van der Waals surface area contributed by atoms with Gasteiger partial charge in [0, 0.05) is 13.6 Å². The Morgan fingerprint density at radius 3 is 2.74 bits per heavy atom. The summed E-state index contributed by atoms with van der Waals surface area (Å²) in [5.74, 6) is 0.568. The van der Waals surface area contributed by atoms with Crippen LogP contribution in [0.5, 0.6) is 0 Å². The average Bonchev–Trinajstić information content (AvgIpc) is 2.78. The van der Waals surface area contributed by atoms with Crippen LogP contribution in [0.4, 0.5) is 11.5 Å². The fraction of sp³-hybridized carbons (Fsp3) is 0.308. The van der Waals surface area contributed by atoms with Gasteiger partial charge in [0.25, 0.3) is 0 Å². The molecule has 1 atom stereocenters. The average molecular weight is 260 g/mol. The third-order valence-electron chi connectivity index (χ3n) is 2.95. The summed E-state index contributed by atoms with van der Waals surface area (Å²) in [6.07, 6.45) is 1.40. The molecule has 2 aromatic rings. The van der Waals surface area contributed by atoms with Crippen molar-refractivity contribution in [3.05, 3.63) is 52.2 Å². The molecule has 0 aliphatic carbocycles. The molecule has 0 amide bonds. The van der Waals surface area contributed by atoms with Crippen molar-refractivity contribution < 1.29 is 4.92 Å². The van der Waals surface area contributed by atoms with E-state index in [-0.39, 0.29) is 11.6 Å². The maximum Gasteiger partial charge on any atom is 0.330 e. The molecule has 100 valence electrons. The summed E-state index contributed by atoms with van der Waals surface area (Å²) in [4.78, 5) is 10.4. The normalized spacial score (nSPS) is 12.1. The van der Waals surface area contributed by atoms with Crippen molar-refractivity contribution in [2.75, 3.05) is 11.9 Å². The molecule has 19 heavy (non-hydrogen) atoms. The van der Waals surface area contributed by atoms with E-state index in [0.717, 1.165) is 0 Å². The number of anilines is 1. The predicted molar refractivity (Wildman–Crippen MR) is 73.2 cm³/mol. The van der Waals surface area contributed by atoms with Crippen LogP contribution in [0.2, 0.25) is 0 Å². The first-order valence-corrected chi connectivity index (χ1v) is 6.04. The molecule has 1 heterocycles. The van der Waals surface area contributed by atoms with E-state index in [1.54, 1.807) is 7.05 Å². The van der Waals surface area contributed by atoms with Crippen molar-refractivity contribution in [1.29, 1.82) is 0 Å². The monoisotopic (exact) mass is 260 g/mol. The molecule has 0 bridgehead atoms. The van der Waals surface area contributed by atoms with Crippen molar-refractivity contribution >= 4 is 11.5 Å². The lowest BCUT2D eigenvalue weighted by Gasteiger charge is -2.12. The maximum atomic E-state index is 10.9. The van der Waals surface area contributed by atoms with Gasteiger partial charge >= 0.3 is 5.69 Å². The van der Waals surface area contributed by atoms with Gasteiger partial charge < -0.3 is 5.32 Å². The first-order chi connectivity index (χ1) is 9.08. The first kappa shape index (κ1) is 13.1. The number of nitro groups is 1. The SMILES string of the molecule is CC(CNc1nn(C)cc1[N+](=O)[O-])c1ccccc1. The van der Waals surface area contributed by atoms with Crippen LogP contribution in [0.1, 0.15) is 18.4 Å². The molecule has 1 N–H and O–H groups in total. The van der Waals surface area contributed by atoms with E-state index in [1.165, 1.54) is 16.4 Å². The van der Waals surface area contributed by atoms with Crippen LogP contribution >= 0.6 is 0 Å². The number of nitrogens with zero attached hydrogens (tertiary/aromatic N) is 3. The Labute approximate surface area is 111 Å². The lowest BCUT2D eigenvalue weighted by atomic mass is 10.0. The van der Waals surface area contributed by atoms with Gasteiger partial charge in [0.2, 0.25) is 5.82 Å². The molecule has 6 heteroatoms. The number of aromatic nitrogens is 2. The van der Waals surface area contributed by atoms with Gasteiger partial charge in [-0.1, -0.05) is 37.3 Å². The zero-order chi connectivity index (χ0) is 13.8. The maximum absolute atomic E-state index is 10.9. The summed E-state index contributed by atoms with van der Waals surface area (Å²) in [5.41, 5.74) is 1.19. The van der Waals surface area contributed by atoms with E-state index >= 15 is 0 Å². The molecule has 1 aromatic heterocycles. The highest BCUT2D eigenvalue weighted by Gasteiger charge is 2.18. The van der Waals surface area contributed by atoms with Gasteiger partial charge in [-0.15, -0.1) is 5.10 Å². The van der Waals surface area contributed by atoms with Gasteiger partial charge in [0.15, 0.2) is 0 Å². The molecule has 0 fully saturated rings. The van der Waals surface area contributed by atoms with E-state index in [9.17, 15) is 10.1 Å². The van der Waals surface area contributed by atoms with Gasteiger partial charge in [-0.05, 0) is 11.5 Å². The van der Waals surface area contributed by atoms with E-state index in [0.29, 0.717) is 12.4 Å². The second-order valence-corrected chi connectivity index (χ2v) is 4.49. The van der Waals surface area contributed by atoms with E-state index in [4.69, 9.17) is 0 Å². The highest BCUT2D eigenvalue weighted by molar-refractivity contribution is 5.54. The Bertz CT molecular complexity index is 565. The van der Waals surface area contributed by atoms with Crippen molar-refractivity contribution in [2.45, 2.75) is 12.8 Å². The minimum Gasteiger partial charge on any atom is -0.362 e. The first-order valence-electron chi connectivity index (χ1n) is 6.04. The number of hydrogen-bond donors (Lipinski definition) is 1. The quantitative estimate of drug-likeness (QED) is 0.662. The van der Waals surface area contributed by atoms with Crippen LogP contribution in [-0.4, -0.2) is 21.2 Å². The Kier molecular flexibility index (Phi) is 3.79. The van der Waals surface area contributed by atoms with E-state index < -0.39 is 4.92 Å². The van der Waals surface area contributed by atoms with Crippen LogP contribution < -0.4 is 5.32 Å². The topological polar surface area (TPSA) is 73.0 Å². The Morgan fingerprint density at radius 2 is 2.11 bits per heavy atom. The predicted octanol–water partition coefficient (Wildman–Crippen LogP) is 2.54. The molecule has 6 nitrogen and oxygen atoms in total. The van der Waals surface area contributed by atoms with Crippen LogP contribution in [0.3, 0.4) is 0 Å². The smallest absolute Gasteiger partial charge is 0.330 e. The molecule has 0 aliphatic heterocycles. The molecule has 0 aliphatic rings. The Morgan fingerprint density at radius 1 is 1.42 bits per heavy atom. The highest BCUT2D eigenvalue weighted by atomic mass is 16.6. The second kappa shape index (κ2) is 5.51. The third kappa shape index (κ3) is 3.09. The summed E-state index contributed by atoms with van der Waals surface area (Å²) in [6.45, 7) is 2.67. The van der Waals surface area contributed by atoms with Crippen LogP contribution in [0.25, 0.3) is 0 Å². The summed E-state index contributed by atoms with van der Waals surface area (Å²) >= 11 is 0. The molecule has 0 spiro atoms. The molecule has 1 aromatic carbocycles. The molecule has 0 saturated heterocycles. The van der Waals surface area contributed by atoms with Crippen molar-refractivity contribution in [3.8, 4) is 0 Å². The number of aryl methyl sites for hydroxylation is 1. The fourth-order valence-corrected chi connectivity index (χ4v) is 1.88. The minimum atomic E-state index is -0.428. The zero-order valence-electron chi connectivity index (χ0n) is 10.9. The Balaban J connectivity index is 2.05. The van der Waals surface area contributed by atoms with Crippen molar-refractivity contribution in [3.63, 3.8) is 0 Å². The van der Waals surface area contributed by atoms with E-state index in [1.807, 2.05) is 30.3 Å². The van der Waals surface area contributed by atoms with Crippen LogP contribution in [0.15, 0.2) is 36.5 Å². The van der Waals surface area contributed by atoms with Gasteiger partial charge in [-0.25, -0.2) is 0 Å². The van der Waals surface area contributed by atoms with Gasteiger partial charge in [-0.2, -0.15) is 0 Å². The fourth-order valence-electron chi connectivity index (χ4n) is 1.88. The van der Waals surface area contributed by atoms with Crippen LogP contribution in [-0.2, 0) is 7.05 Å². The van der Waals surface area contributed by atoms with Crippen LogP contribution in [0, 0.1) is 10.1 Å². The zero-order valence-corrected chi connectivity index (χ0v) is 10.9.